The number of hydrogen-bond donors (Lipinski definition) is 2. The number of aromatic hydroxyl groups is 1. The maximum atomic E-state index is 11.1. The molecule has 2 N–H and O–H groups in total. The highest BCUT2D eigenvalue weighted by molar-refractivity contribution is 6.14. The topological polar surface area (TPSA) is 36.0 Å². The predicted octanol–water partition coefficient (Wildman–Crippen LogP) is 7.48. The lowest BCUT2D eigenvalue weighted by atomic mass is 9.69. The molecule has 1 atom stereocenters. The maximum absolute atomic E-state index is 11.1. The third-order valence-corrected chi connectivity index (χ3v) is 7.03. The van der Waals surface area contributed by atoms with Crippen molar-refractivity contribution in [1.29, 1.82) is 0 Å². The molecular weight excluding hydrogens is 414 g/mol. The van der Waals surface area contributed by atoms with E-state index in [4.69, 9.17) is 6.42 Å². The largest absolute Gasteiger partial charge is 0.508 e. The molecular formula is C32H23NO. The first kappa shape index (κ1) is 20.1. The van der Waals surface area contributed by atoms with Crippen LogP contribution in [0.4, 0.5) is 0 Å². The third kappa shape index (κ3) is 2.77. The van der Waals surface area contributed by atoms with E-state index in [-0.39, 0.29) is 0 Å². The number of fused-ring (bicyclic) bond motifs is 7. The maximum Gasteiger partial charge on any atom is 0.120 e. The molecule has 6 rings (SSSR count). The summed E-state index contributed by atoms with van der Waals surface area (Å²) in [5.74, 6) is 2.84. The van der Waals surface area contributed by atoms with Gasteiger partial charge in [-0.15, -0.1) is 6.42 Å². The number of phenols is 1. The second-order valence-electron chi connectivity index (χ2n) is 8.71. The van der Waals surface area contributed by atoms with E-state index in [0.29, 0.717) is 12.2 Å². The number of rotatable bonds is 4. The van der Waals surface area contributed by atoms with Crippen molar-refractivity contribution >= 4 is 21.8 Å². The Labute approximate surface area is 198 Å². The van der Waals surface area contributed by atoms with Crippen molar-refractivity contribution in [2.45, 2.75) is 11.8 Å². The average molecular weight is 438 g/mol. The molecule has 1 heterocycles. The molecule has 0 fully saturated rings. The Kier molecular flexibility index (Phi) is 4.64. The van der Waals surface area contributed by atoms with Gasteiger partial charge in [-0.25, -0.2) is 0 Å². The molecule has 0 bridgehead atoms. The van der Waals surface area contributed by atoms with Crippen molar-refractivity contribution in [3.63, 3.8) is 0 Å². The number of phenolic OH excluding ortho intramolecular Hbond substituents is 1. The molecule has 1 aliphatic carbocycles. The first-order valence-corrected chi connectivity index (χ1v) is 11.5. The van der Waals surface area contributed by atoms with Gasteiger partial charge in [-0.05, 0) is 41.3 Å². The molecule has 1 aromatic heterocycles. The van der Waals surface area contributed by atoms with Crippen molar-refractivity contribution in [2.75, 3.05) is 0 Å². The average Bonchev–Trinajstić information content (AvgIpc) is 3.38. The van der Waals surface area contributed by atoms with Gasteiger partial charge in [0.05, 0.1) is 10.9 Å². The summed E-state index contributed by atoms with van der Waals surface area (Å²) in [5.41, 5.74) is 7.45. The number of para-hydroxylation sites is 2. The number of nitrogens with one attached hydrogen (secondary N) is 1. The molecule has 2 heteroatoms. The van der Waals surface area contributed by atoms with Gasteiger partial charge < -0.3 is 10.1 Å². The van der Waals surface area contributed by atoms with Crippen LogP contribution in [0.1, 0.15) is 23.1 Å². The van der Waals surface area contributed by atoms with Crippen LogP contribution in [-0.2, 0) is 5.41 Å². The minimum atomic E-state index is -0.525. The normalized spacial score (nSPS) is 16.9. The lowest BCUT2D eigenvalue weighted by Crippen LogP contribution is -2.26. The van der Waals surface area contributed by atoms with Gasteiger partial charge in [0.2, 0.25) is 0 Å². The standard InChI is InChI=1S/C32H23NO/c1-2-3-4-5-12-21-32(26-16-9-11-18-29(26)34)25-15-8-6-14-24(25)30-27(32)20-19-23-22-13-7-10-17-28(22)33-31(23)30/h1,3-20,33-34H,21H2/b4-3-,12-5-. The van der Waals surface area contributed by atoms with E-state index in [0.717, 1.165) is 16.6 Å². The minimum Gasteiger partial charge on any atom is -0.508 e. The third-order valence-electron chi connectivity index (χ3n) is 7.03. The summed E-state index contributed by atoms with van der Waals surface area (Å²) in [5, 5.41) is 13.5. The van der Waals surface area contributed by atoms with Crippen molar-refractivity contribution in [3.05, 3.63) is 126 Å². The van der Waals surface area contributed by atoms with Gasteiger partial charge >= 0.3 is 0 Å². The highest BCUT2D eigenvalue weighted by atomic mass is 16.3. The van der Waals surface area contributed by atoms with Crippen LogP contribution in [-0.4, -0.2) is 10.1 Å². The van der Waals surface area contributed by atoms with Crippen LogP contribution in [0.15, 0.2) is 109 Å². The summed E-state index contributed by atoms with van der Waals surface area (Å²) in [7, 11) is 0. The van der Waals surface area contributed by atoms with Crippen LogP contribution in [0.3, 0.4) is 0 Å². The summed E-state index contributed by atoms with van der Waals surface area (Å²) in [6.07, 6.45) is 13.8. The van der Waals surface area contributed by atoms with Crippen molar-refractivity contribution in [1.82, 2.24) is 4.98 Å². The Bertz CT molecular complexity index is 1660. The van der Waals surface area contributed by atoms with E-state index >= 15 is 0 Å². The number of aromatic amines is 1. The van der Waals surface area contributed by atoms with Gasteiger partial charge in [0, 0.05) is 27.4 Å². The Morgan fingerprint density at radius 1 is 0.794 bits per heavy atom. The molecule has 0 amide bonds. The molecule has 0 saturated heterocycles. The van der Waals surface area contributed by atoms with Gasteiger partial charge in [-0.3, -0.25) is 0 Å². The second kappa shape index (κ2) is 7.83. The molecule has 0 aliphatic heterocycles. The second-order valence-corrected chi connectivity index (χ2v) is 8.71. The minimum absolute atomic E-state index is 0.300. The Morgan fingerprint density at radius 2 is 1.56 bits per heavy atom. The van der Waals surface area contributed by atoms with Gasteiger partial charge in [0.25, 0.3) is 0 Å². The number of hydrogen-bond acceptors (Lipinski definition) is 1. The molecule has 2 nitrogen and oxygen atoms in total. The van der Waals surface area contributed by atoms with Crippen molar-refractivity contribution in [2.24, 2.45) is 0 Å². The van der Waals surface area contributed by atoms with Crippen molar-refractivity contribution in [3.8, 4) is 29.2 Å². The highest BCUT2D eigenvalue weighted by Gasteiger charge is 2.46. The molecule has 5 aromatic rings. The van der Waals surface area contributed by atoms with E-state index in [9.17, 15) is 5.11 Å². The van der Waals surface area contributed by atoms with E-state index in [1.807, 2.05) is 30.4 Å². The van der Waals surface area contributed by atoms with Gasteiger partial charge in [0.15, 0.2) is 0 Å². The summed E-state index contributed by atoms with van der Waals surface area (Å²) in [6, 6.07) is 29.2. The molecule has 162 valence electrons. The van der Waals surface area contributed by atoms with E-state index < -0.39 is 5.41 Å². The first-order chi connectivity index (χ1) is 16.8. The van der Waals surface area contributed by atoms with Gasteiger partial charge in [-0.2, -0.15) is 0 Å². The van der Waals surface area contributed by atoms with Gasteiger partial charge in [0.1, 0.15) is 5.75 Å². The number of allylic oxidation sites excluding steroid dienone is 4. The summed E-state index contributed by atoms with van der Waals surface area (Å²) in [6.45, 7) is 0. The van der Waals surface area contributed by atoms with Crippen molar-refractivity contribution < 1.29 is 5.11 Å². The number of benzene rings is 4. The predicted molar refractivity (Wildman–Crippen MR) is 141 cm³/mol. The van der Waals surface area contributed by atoms with E-state index in [1.54, 1.807) is 12.1 Å². The zero-order valence-corrected chi connectivity index (χ0v) is 18.6. The molecule has 0 radical (unpaired) electrons. The molecule has 0 saturated carbocycles. The van der Waals surface area contributed by atoms with E-state index in [1.165, 1.54) is 33.0 Å². The number of aromatic nitrogens is 1. The zero-order chi connectivity index (χ0) is 23.1. The van der Waals surface area contributed by atoms with Crippen LogP contribution in [0.2, 0.25) is 0 Å². The first-order valence-electron chi connectivity index (χ1n) is 11.5. The van der Waals surface area contributed by atoms with Crippen LogP contribution in [0.5, 0.6) is 5.75 Å². The number of terminal acetylenes is 1. The molecule has 1 unspecified atom stereocenters. The van der Waals surface area contributed by atoms with Crippen LogP contribution in [0, 0.1) is 12.3 Å². The monoisotopic (exact) mass is 437 g/mol. The zero-order valence-electron chi connectivity index (χ0n) is 18.6. The fourth-order valence-corrected chi connectivity index (χ4v) is 5.66. The van der Waals surface area contributed by atoms with Crippen LogP contribution >= 0.6 is 0 Å². The molecule has 0 spiro atoms. The summed E-state index contributed by atoms with van der Waals surface area (Å²) in [4.78, 5) is 3.69. The summed E-state index contributed by atoms with van der Waals surface area (Å²) >= 11 is 0. The Hall–Kier alpha value is -4.48. The fourth-order valence-electron chi connectivity index (χ4n) is 5.66. The summed E-state index contributed by atoms with van der Waals surface area (Å²) < 4.78 is 0. The smallest absolute Gasteiger partial charge is 0.120 e. The lowest BCUT2D eigenvalue weighted by Gasteiger charge is -2.32. The van der Waals surface area contributed by atoms with E-state index in [2.05, 4.69) is 77.6 Å². The SMILES string of the molecule is C#C/C=C\C=C/CC1(c2ccccc2O)c2ccccc2-c2c1ccc1c2[nH]c2ccccc21. The Balaban J connectivity index is 1.71. The molecule has 34 heavy (non-hydrogen) atoms. The van der Waals surface area contributed by atoms with Gasteiger partial charge in [-0.1, -0.05) is 96.9 Å². The quantitative estimate of drug-likeness (QED) is 0.222. The Morgan fingerprint density at radius 3 is 2.41 bits per heavy atom. The number of H-pyrrole nitrogens is 1. The fraction of sp³-hybridized carbons (Fsp3) is 0.0625. The highest BCUT2D eigenvalue weighted by Crippen LogP contribution is 2.58. The molecule has 4 aromatic carbocycles. The molecule has 1 aliphatic rings. The van der Waals surface area contributed by atoms with Crippen LogP contribution < -0.4 is 0 Å². The van der Waals surface area contributed by atoms with Crippen LogP contribution in [0.25, 0.3) is 32.9 Å². The lowest BCUT2D eigenvalue weighted by molar-refractivity contribution is 0.454.